The first-order valence-corrected chi connectivity index (χ1v) is 9.28. The molecule has 26 heavy (non-hydrogen) atoms. The summed E-state index contributed by atoms with van der Waals surface area (Å²) >= 11 is 0. The summed E-state index contributed by atoms with van der Waals surface area (Å²) < 4.78 is 0. The number of likely N-dealkylation sites (tertiary alicyclic amines) is 1. The Kier molecular flexibility index (Phi) is 4.63. The number of H-pyrrole nitrogens is 1. The molecule has 2 aliphatic rings. The van der Waals surface area contributed by atoms with Crippen molar-refractivity contribution < 1.29 is 4.79 Å². The van der Waals surface area contributed by atoms with Gasteiger partial charge in [-0.15, -0.1) is 0 Å². The van der Waals surface area contributed by atoms with E-state index in [4.69, 9.17) is 0 Å². The van der Waals surface area contributed by atoms with E-state index in [9.17, 15) is 4.79 Å². The van der Waals surface area contributed by atoms with Crippen molar-refractivity contribution in [2.24, 2.45) is 5.92 Å². The molecule has 7 nitrogen and oxygen atoms in total. The fourth-order valence-corrected chi connectivity index (χ4v) is 4.16. The number of amides is 1. The molecule has 2 saturated heterocycles. The standard InChI is InChI=1S/C19H26N6O/c1-23(2)9-3-4-17(26)24-10-6-14-7-11-25(16(14)12-24)19-15-5-8-20-18(15)21-13-22-19/h3-5,8,13-14,16H,6-7,9-12H2,1-2H3,(H,20,21,22)/b4-3+/t14-,16+/m0/s1. The molecule has 2 aromatic rings. The second-order valence-electron chi connectivity index (χ2n) is 7.48. The molecule has 0 saturated carbocycles. The Labute approximate surface area is 153 Å². The van der Waals surface area contributed by atoms with Gasteiger partial charge in [0.25, 0.3) is 0 Å². The highest BCUT2D eigenvalue weighted by Crippen LogP contribution is 2.36. The summed E-state index contributed by atoms with van der Waals surface area (Å²) in [6.45, 7) is 3.39. The average Bonchev–Trinajstić information content (AvgIpc) is 3.27. The van der Waals surface area contributed by atoms with Gasteiger partial charge in [0.2, 0.25) is 5.91 Å². The van der Waals surface area contributed by atoms with E-state index in [1.807, 2.05) is 42.2 Å². The van der Waals surface area contributed by atoms with Crippen LogP contribution >= 0.6 is 0 Å². The molecule has 0 bridgehead atoms. The van der Waals surface area contributed by atoms with Crippen molar-refractivity contribution in [3.63, 3.8) is 0 Å². The number of anilines is 1. The molecule has 2 aliphatic heterocycles. The minimum atomic E-state index is 0.117. The van der Waals surface area contributed by atoms with Gasteiger partial charge in [-0.1, -0.05) is 6.08 Å². The topological polar surface area (TPSA) is 68.4 Å². The van der Waals surface area contributed by atoms with Gasteiger partial charge < -0.3 is 19.7 Å². The molecular formula is C19H26N6O. The van der Waals surface area contributed by atoms with Gasteiger partial charge in [0.1, 0.15) is 17.8 Å². The van der Waals surface area contributed by atoms with Crippen LogP contribution in [0.3, 0.4) is 0 Å². The van der Waals surface area contributed by atoms with E-state index < -0.39 is 0 Å². The van der Waals surface area contributed by atoms with Gasteiger partial charge in [-0.25, -0.2) is 9.97 Å². The van der Waals surface area contributed by atoms with E-state index in [-0.39, 0.29) is 5.91 Å². The molecule has 4 rings (SSSR count). The summed E-state index contributed by atoms with van der Waals surface area (Å²) in [6, 6.07) is 2.37. The molecule has 0 aromatic carbocycles. The Morgan fingerprint density at radius 3 is 3.04 bits per heavy atom. The normalized spacial score (nSPS) is 23.3. The number of carbonyl (C=O) groups is 1. The summed E-state index contributed by atoms with van der Waals surface area (Å²) in [5, 5.41) is 1.06. The predicted molar refractivity (Wildman–Crippen MR) is 102 cm³/mol. The number of aromatic nitrogens is 3. The van der Waals surface area contributed by atoms with Crippen LogP contribution in [0.1, 0.15) is 12.8 Å². The molecule has 4 heterocycles. The second kappa shape index (κ2) is 7.07. The van der Waals surface area contributed by atoms with E-state index in [1.165, 1.54) is 6.42 Å². The third kappa shape index (κ3) is 3.19. The van der Waals surface area contributed by atoms with Crippen LogP contribution in [0.5, 0.6) is 0 Å². The Balaban J connectivity index is 1.51. The average molecular weight is 354 g/mol. The van der Waals surface area contributed by atoms with Crippen LogP contribution in [0.25, 0.3) is 11.0 Å². The van der Waals surface area contributed by atoms with Crippen LogP contribution in [0.2, 0.25) is 0 Å². The van der Waals surface area contributed by atoms with Gasteiger partial charge in [0, 0.05) is 38.5 Å². The quantitative estimate of drug-likeness (QED) is 0.843. The van der Waals surface area contributed by atoms with Gasteiger partial charge in [0.15, 0.2) is 0 Å². The number of hydrogen-bond donors (Lipinski definition) is 1. The number of carbonyl (C=O) groups excluding carboxylic acids is 1. The van der Waals surface area contributed by atoms with Gasteiger partial charge in [-0.05, 0) is 38.9 Å². The Morgan fingerprint density at radius 2 is 2.19 bits per heavy atom. The fourth-order valence-electron chi connectivity index (χ4n) is 4.16. The summed E-state index contributed by atoms with van der Waals surface area (Å²) in [7, 11) is 4.00. The number of piperidine rings is 1. The lowest BCUT2D eigenvalue weighted by Gasteiger charge is -2.38. The Hall–Kier alpha value is -2.41. The van der Waals surface area contributed by atoms with Gasteiger partial charge in [0.05, 0.1) is 11.4 Å². The summed E-state index contributed by atoms with van der Waals surface area (Å²) in [4.78, 5) is 31.0. The van der Waals surface area contributed by atoms with E-state index in [0.717, 1.165) is 49.5 Å². The minimum Gasteiger partial charge on any atom is -0.351 e. The van der Waals surface area contributed by atoms with E-state index in [0.29, 0.717) is 12.0 Å². The zero-order valence-corrected chi connectivity index (χ0v) is 15.4. The second-order valence-corrected chi connectivity index (χ2v) is 7.48. The molecule has 2 fully saturated rings. The summed E-state index contributed by atoms with van der Waals surface area (Å²) in [6.07, 6.45) is 9.41. The molecular weight excluding hydrogens is 328 g/mol. The molecule has 7 heteroatoms. The van der Waals surface area contributed by atoms with Crippen LogP contribution in [0.4, 0.5) is 5.82 Å². The van der Waals surface area contributed by atoms with Crippen molar-refractivity contribution in [2.45, 2.75) is 18.9 Å². The van der Waals surface area contributed by atoms with Crippen LogP contribution < -0.4 is 4.90 Å². The zero-order chi connectivity index (χ0) is 18.1. The Morgan fingerprint density at radius 1 is 1.35 bits per heavy atom. The number of aromatic amines is 1. The number of hydrogen-bond acceptors (Lipinski definition) is 5. The van der Waals surface area contributed by atoms with Gasteiger partial charge in [-0.2, -0.15) is 0 Å². The van der Waals surface area contributed by atoms with Crippen molar-refractivity contribution in [3.05, 3.63) is 30.7 Å². The third-order valence-corrected chi connectivity index (χ3v) is 5.51. The molecule has 0 radical (unpaired) electrons. The number of nitrogens with zero attached hydrogens (tertiary/aromatic N) is 5. The molecule has 0 unspecified atom stereocenters. The first-order chi connectivity index (χ1) is 12.6. The lowest BCUT2D eigenvalue weighted by Crippen LogP contribution is -2.50. The van der Waals surface area contributed by atoms with E-state index >= 15 is 0 Å². The SMILES string of the molecule is CN(C)C/C=C/C(=O)N1CC[C@H]2CCN(c3ncnc4[nH]ccc34)[C@@H]2C1. The zero-order valence-electron chi connectivity index (χ0n) is 15.4. The van der Waals surface area contributed by atoms with Crippen molar-refractivity contribution >= 4 is 22.8 Å². The molecule has 1 N–H and O–H groups in total. The lowest BCUT2D eigenvalue weighted by molar-refractivity contribution is -0.127. The van der Waals surface area contributed by atoms with Crippen molar-refractivity contribution in [2.75, 3.05) is 45.2 Å². The van der Waals surface area contributed by atoms with Crippen molar-refractivity contribution in [3.8, 4) is 0 Å². The fraction of sp³-hybridized carbons (Fsp3) is 0.526. The largest absolute Gasteiger partial charge is 0.351 e. The van der Waals surface area contributed by atoms with E-state index in [2.05, 4.69) is 19.9 Å². The molecule has 2 atom stereocenters. The third-order valence-electron chi connectivity index (χ3n) is 5.51. The van der Waals surface area contributed by atoms with Crippen molar-refractivity contribution in [1.29, 1.82) is 0 Å². The summed E-state index contributed by atoms with van der Waals surface area (Å²) in [5.74, 6) is 1.74. The number of rotatable bonds is 4. The first-order valence-electron chi connectivity index (χ1n) is 9.28. The van der Waals surface area contributed by atoms with Gasteiger partial charge in [-0.3, -0.25) is 4.79 Å². The predicted octanol–water partition coefficient (Wildman–Crippen LogP) is 1.50. The maximum Gasteiger partial charge on any atom is 0.246 e. The summed E-state index contributed by atoms with van der Waals surface area (Å²) in [5.41, 5.74) is 0.869. The highest BCUT2D eigenvalue weighted by atomic mass is 16.2. The van der Waals surface area contributed by atoms with Gasteiger partial charge >= 0.3 is 0 Å². The van der Waals surface area contributed by atoms with Crippen LogP contribution in [-0.4, -0.2) is 77.0 Å². The van der Waals surface area contributed by atoms with Crippen LogP contribution in [0.15, 0.2) is 30.7 Å². The Bertz CT molecular complexity index is 813. The maximum atomic E-state index is 12.6. The molecule has 138 valence electrons. The first kappa shape index (κ1) is 17.0. The molecule has 2 aromatic heterocycles. The lowest BCUT2D eigenvalue weighted by atomic mass is 9.92. The number of nitrogens with one attached hydrogen (secondary N) is 1. The highest BCUT2D eigenvalue weighted by Gasteiger charge is 2.40. The monoisotopic (exact) mass is 354 g/mol. The number of fused-ring (bicyclic) bond motifs is 2. The molecule has 1 amide bonds. The van der Waals surface area contributed by atoms with E-state index in [1.54, 1.807) is 12.4 Å². The van der Waals surface area contributed by atoms with Crippen LogP contribution in [-0.2, 0) is 4.79 Å². The maximum absolute atomic E-state index is 12.6. The minimum absolute atomic E-state index is 0.117. The molecule has 0 aliphatic carbocycles. The highest BCUT2D eigenvalue weighted by molar-refractivity contribution is 5.89. The van der Waals surface area contributed by atoms with Crippen molar-refractivity contribution in [1.82, 2.24) is 24.8 Å². The smallest absolute Gasteiger partial charge is 0.246 e. The number of likely N-dealkylation sites (N-methyl/N-ethyl adjacent to an activating group) is 1. The van der Waals surface area contributed by atoms with Crippen LogP contribution in [0, 0.1) is 5.92 Å². The molecule has 0 spiro atoms.